The highest BCUT2D eigenvalue weighted by Gasteiger charge is 2.22. The molecule has 0 aromatic heterocycles. The zero-order chi connectivity index (χ0) is 17.9. The molecule has 0 radical (unpaired) electrons. The van der Waals surface area contributed by atoms with Crippen LogP contribution in [-0.2, 0) is 9.53 Å². The van der Waals surface area contributed by atoms with E-state index in [2.05, 4.69) is 5.32 Å². The van der Waals surface area contributed by atoms with Crippen LogP contribution >= 0.6 is 34.8 Å². The number of halogens is 3. The highest BCUT2D eigenvalue weighted by molar-refractivity contribution is 6.42. The van der Waals surface area contributed by atoms with Crippen LogP contribution in [0.4, 0.5) is 5.69 Å². The molecule has 5 nitrogen and oxygen atoms in total. The molecule has 0 aliphatic heterocycles. The minimum atomic E-state index is -1.14. The van der Waals surface area contributed by atoms with Crippen molar-refractivity contribution in [3.8, 4) is 5.75 Å². The Bertz CT molecular complexity index is 772. The van der Waals surface area contributed by atoms with Gasteiger partial charge in [0.2, 0.25) is 0 Å². The average Bonchev–Trinajstić information content (AvgIpc) is 2.50. The van der Waals surface area contributed by atoms with E-state index in [0.717, 1.165) is 0 Å². The molecule has 0 aliphatic carbocycles. The van der Waals surface area contributed by atoms with Gasteiger partial charge >= 0.3 is 5.97 Å². The standard InChI is InChI=1S/C16H12Cl3NO4/c1-8(24-16(23)10-4-2-3-5-13(10)21)15(22)20-14-11(18)6-9(17)7-12(14)19/h2-8,21H,1H3,(H,20,22)/t8-/m0/s1. The molecule has 126 valence electrons. The zero-order valence-electron chi connectivity index (χ0n) is 12.3. The van der Waals surface area contributed by atoms with Crippen molar-refractivity contribution in [3.05, 3.63) is 57.0 Å². The lowest BCUT2D eigenvalue weighted by atomic mass is 10.2. The molecule has 0 unspecified atom stereocenters. The first-order valence-electron chi connectivity index (χ1n) is 6.74. The number of para-hydroxylation sites is 1. The maximum absolute atomic E-state index is 12.2. The van der Waals surface area contributed by atoms with Gasteiger partial charge in [-0.25, -0.2) is 4.79 Å². The maximum atomic E-state index is 12.2. The van der Waals surface area contributed by atoms with Crippen molar-refractivity contribution in [1.82, 2.24) is 0 Å². The number of anilines is 1. The van der Waals surface area contributed by atoms with E-state index >= 15 is 0 Å². The molecule has 2 aromatic carbocycles. The number of esters is 1. The van der Waals surface area contributed by atoms with Crippen LogP contribution in [0.3, 0.4) is 0 Å². The number of carbonyl (C=O) groups excluding carboxylic acids is 2. The van der Waals surface area contributed by atoms with Crippen LogP contribution in [0, 0.1) is 0 Å². The molecule has 1 atom stereocenters. The Morgan fingerprint density at radius 2 is 1.71 bits per heavy atom. The van der Waals surface area contributed by atoms with E-state index in [9.17, 15) is 14.7 Å². The van der Waals surface area contributed by atoms with Gasteiger partial charge in [0.05, 0.1) is 15.7 Å². The van der Waals surface area contributed by atoms with E-state index < -0.39 is 18.0 Å². The van der Waals surface area contributed by atoms with Crippen LogP contribution in [0.25, 0.3) is 0 Å². The number of rotatable bonds is 4. The third-order valence-corrected chi connectivity index (χ3v) is 3.85. The zero-order valence-corrected chi connectivity index (χ0v) is 14.6. The summed E-state index contributed by atoms with van der Waals surface area (Å²) in [4.78, 5) is 24.1. The topological polar surface area (TPSA) is 75.6 Å². The molecule has 0 saturated carbocycles. The van der Waals surface area contributed by atoms with Gasteiger partial charge in [-0.1, -0.05) is 46.9 Å². The van der Waals surface area contributed by atoms with Crippen molar-refractivity contribution in [3.63, 3.8) is 0 Å². The summed E-state index contributed by atoms with van der Waals surface area (Å²) in [7, 11) is 0. The first kappa shape index (κ1) is 18.4. The first-order chi connectivity index (χ1) is 11.3. The number of benzene rings is 2. The third-order valence-electron chi connectivity index (χ3n) is 3.03. The lowest BCUT2D eigenvalue weighted by Crippen LogP contribution is -2.30. The summed E-state index contributed by atoms with van der Waals surface area (Å²) in [6.07, 6.45) is -1.14. The second-order valence-corrected chi connectivity index (χ2v) is 6.05. The minimum absolute atomic E-state index is 0.0419. The van der Waals surface area contributed by atoms with Crippen molar-refractivity contribution in [2.45, 2.75) is 13.0 Å². The van der Waals surface area contributed by atoms with Crippen LogP contribution < -0.4 is 5.32 Å². The highest BCUT2D eigenvalue weighted by Crippen LogP contribution is 2.33. The molecule has 2 rings (SSSR count). The van der Waals surface area contributed by atoms with Gasteiger partial charge in [0.1, 0.15) is 11.3 Å². The van der Waals surface area contributed by atoms with Crippen molar-refractivity contribution >= 4 is 52.4 Å². The number of ether oxygens (including phenoxy) is 1. The van der Waals surface area contributed by atoms with E-state index in [1.165, 1.54) is 31.2 Å². The number of aromatic hydroxyl groups is 1. The SMILES string of the molecule is C[C@H](OC(=O)c1ccccc1O)C(=O)Nc1c(Cl)cc(Cl)cc1Cl. The summed E-state index contributed by atoms with van der Waals surface area (Å²) in [6.45, 7) is 1.38. The van der Waals surface area contributed by atoms with Crippen LogP contribution in [-0.4, -0.2) is 23.1 Å². The number of nitrogens with one attached hydrogen (secondary N) is 1. The van der Waals surface area contributed by atoms with Gasteiger partial charge in [-0.05, 0) is 31.2 Å². The summed E-state index contributed by atoms with van der Waals surface area (Å²) in [5, 5.41) is 12.7. The Balaban J connectivity index is 2.08. The van der Waals surface area contributed by atoms with Crippen molar-refractivity contribution in [1.29, 1.82) is 0 Å². The Hall–Kier alpha value is -1.95. The first-order valence-corrected chi connectivity index (χ1v) is 7.87. The quantitative estimate of drug-likeness (QED) is 0.754. The van der Waals surface area contributed by atoms with Gasteiger partial charge in [0, 0.05) is 5.02 Å². The smallest absolute Gasteiger partial charge is 0.342 e. The molecular weight excluding hydrogens is 377 g/mol. The van der Waals surface area contributed by atoms with Crippen molar-refractivity contribution in [2.24, 2.45) is 0 Å². The molecule has 1 amide bonds. The molecular formula is C16H12Cl3NO4. The molecule has 2 aromatic rings. The monoisotopic (exact) mass is 387 g/mol. The Morgan fingerprint density at radius 3 is 2.29 bits per heavy atom. The van der Waals surface area contributed by atoms with Crippen LogP contribution in [0.2, 0.25) is 15.1 Å². The predicted octanol–water partition coefficient (Wildman–Crippen LogP) is 4.54. The van der Waals surface area contributed by atoms with Crippen LogP contribution in [0.5, 0.6) is 5.75 Å². The van der Waals surface area contributed by atoms with Gasteiger partial charge in [-0.3, -0.25) is 4.79 Å². The number of hydrogen-bond donors (Lipinski definition) is 2. The minimum Gasteiger partial charge on any atom is -0.507 e. The Labute approximate surface area is 153 Å². The summed E-state index contributed by atoms with van der Waals surface area (Å²) >= 11 is 17.8. The number of phenolic OH excluding ortho intramolecular Hbond substituents is 1. The molecule has 0 fully saturated rings. The number of phenols is 1. The lowest BCUT2D eigenvalue weighted by molar-refractivity contribution is -0.123. The average molecular weight is 389 g/mol. The third kappa shape index (κ3) is 4.32. The van der Waals surface area contributed by atoms with E-state index in [4.69, 9.17) is 39.5 Å². The van der Waals surface area contributed by atoms with Gasteiger partial charge in [-0.2, -0.15) is 0 Å². The largest absolute Gasteiger partial charge is 0.507 e. The molecule has 0 spiro atoms. The fourth-order valence-electron chi connectivity index (χ4n) is 1.81. The molecule has 24 heavy (non-hydrogen) atoms. The fraction of sp³-hybridized carbons (Fsp3) is 0.125. The molecule has 8 heteroatoms. The molecule has 0 bridgehead atoms. The number of carbonyl (C=O) groups is 2. The lowest BCUT2D eigenvalue weighted by Gasteiger charge is -2.15. The van der Waals surface area contributed by atoms with Gasteiger partial charge in [0.15, 0.2) is 6.10 Å². The fourth-order valence-corrected chi connectivity index (χ4v) is 2.72. The molecule has 0 aliphatic rings. The second-order valence-electron chi connectivity index (χ2n) is 4.80. The van der Waals surface area contributed by atoms with Crippen LogP contribution in [0.1, 0.15) is 17.3 Å². The van der Waals surface area contributed by atoms with Gasteiger partial charge < -0.3 is 15.2 Å². The molecule has 2 N–H and O–H groups in total. The van der Waals surface area contributed by atoms with E-state index in [1.54, 1.807) is 12.1 Å². The van der Waals surface area contributed by atoms with Crippen molar-refractivity contribution in [2.75, 3.05) is 5.32 Å². The Morgan fingerprint density at radius 1 is 1.12 bits per heavy atom. The predicted molar refractivity (Wildman–Crippen MR) is 93.1 cm³/mol. The van der Waals surface area contributed by atoms with Crippen LogP contribution in [0.15, 0.2) is 36.4 Å². The van der Waals surface area contributed by atoms with Crippen molar-refractivity contribution < 1.29 is 19.4 Å². The number of amides is 1. The van der Waals surface area contributed by atoms with E-state index in [0.29, 0.717) is 5.02 Å². The van der Waals surface area contributed by atoms with Gasteiger partial charge in [-0.15, -0.1) is 0 Å². The Kier molecular flexibility index (Phi) is 5.94. The highest BCUT2D eigenvalue weighted by atomic mass is 35.5. The van der Waals surface area contributed by atoms with E-state index in [1.807, 2.05) is 0 Å². The molecule has 0 heterocycles. The summed E-state index contributed by atoms with van der Waals surface area (Å²) in [5.74, 6) is -1.70. The molecule has 0 saturated heterocycles. The summed E-state index contributed by atoms with van der Waals surface area (Å²) < 4.78 is 5.03. The maximum Gasteiger partial charge on any atom is 0.342 e. The second kappa shape index (κ2) is 7.75. The van der Waals surface area contributed by atoms with E-state index in [-0.39, 0.29) is 27.0 Å². The number of hydrogen-bond acceptors (Lipinski definition) is 4. The summed E-state index contributed by atoms with van der Waals surface area (Å²) in [6, 6.07) is 8.69. The van der Waals surface area contributed by atoms with Gasteiger partial charge in [0.25, 0.3) is 5.91 Å². The normalized spacial score (nSPS) is 11.7. The summed E-state index contributed by atoms with van der Waals surface area (Å²) in [5.41, 5.74) is 0.123.